The van der Waals surface area contributed by atoms with Gasteiger partial charge in [0.1, 0.15) is 0 Å². The molecule has 6 aliphatic rings. The van der Waals surface area contributed by atoms with Crippen molar-refractivity contribution >= 4 is 88.0 Å². The van der Waals surface area contributed by atoms with Crippen LogP contribution in [0.4, 0.5) is 5.69 Å². The van der Waals surface area contributed by atoms with E-state index in [-0.39, 0.29) is 12.1 Å². The van der Waals surface area contributed by atoms with Gasteiger partial charge in [0.2, 0.25) is 0 Å². The molecule has 1 N–H and O–H groups in total. The Bertz CT molecular complexity index is 2190. The molecule has 6 aliphatic heterocycles. The second kappa shape index (κ2) is 6.58. The molecule has 2 nitrogen and oxygen atoms in total. The molecule has 7 heterocycles. The second-order valence-corrected chi connectivity index (χ2v) is 18.8. The van der Waals surface area contributed by atoms with Gasteiger partial charge < -0.3 is 0 Å². The third kappa shape index (κ3) is 2.10. The molecule has 5 aromatic carbocycles. The minimum absolute atomic E-state index is 0.0509. The molecule has 0 atom stereocenters. The van der Waals surface area contributed by atoms with Crippen molar-refractivity contribution in [2.24, 2.45) is 0 Å². The second-order valence-electron chi connectivity index (χ2n) is 13.6. The summed E-state index contributed by atoms with van der Waals surface area (Å²) in [5.74, 6) is 0. The third-order valence-electron chi connectivity index (χ3n) is 11.9. The molecule has 0 amide bonds. The Hall–Kier alpha value is -3.55. The van der Waals surface area contributed by atoms with E-state index >= 15 is 0 Å². The molecule has 2 bridgehead atoms. The normalized spacial score (nSPS) is 20.9. The SMILES string of the molecule is CC1(C)c2ccccc2B2c3ccccc3-n3c4cccc(P56(Nc7ccccc7)B7[B-]B5B76)c4c4ccc1c2c43. The number of aromatic nitrogens is 1. The van der Waals surface area contributed by atoms with E-state index in [0.29, 0.717) is 0 Å². The summed E-state index contributed by atoms with van der Waals surface area (Å²) in [7, 11) is 2.64. The number of para-hydroxylation sites is 2. The number of hydrogen-bond acceptors (Lipinski definition) is 1. The van der Waals surface area contributed by atoms with Gasteiger partial charge in [-0.1, -0.05) is 0 Å². The standard InChI is InChI=1S/C33H25B5N2P/c1-33(2)23-13-6-7-14-25(23)35-26-15-8-9-16-27(26)40-28-17-10-18-29(30(28)22-19-20-24(33)31(35)32(22)40)41(36-34-37(41)38(36)41)39-21-11-4-3-5-12-21/h3-20,39H,1-2H3/q-1. The molecular weight excluding hydrogens is 509 g/mol. The Kier molecular flexibility index (Phi) is 3.55. The molecule has 0 spiro atoms. The summed E-state index contributed by atoms with van der Waals surface area (Å²) in [6.45, 7) is 5.10. The minimum atomic E-state index is -2.22. The molecule has 188 valence electrons. The number of hydrogen-bond donors (Lipinski definition) is 1. The number of fused-ring (bicyclic) bond motifs is 8. The van der Waals surface area contributed by atoms with E-state index in [0.717, 1.165) is 18.6 Å². The average molecular weight is 535 g/mol. The van der Waals surface area contributed by atoms with Crippen molar-refractivity contribution in [3.63, 3.8) is 0 Å². The fraction of sp³-hybridized carbons (Fsp3) is 0.0909. The molecule has 12 rings (SSSR count). The van der Waals surface area contributed by atoms with Crippen LogP contribution in [-0.2, 0) is 5.41 Å². The van der Waals surface area contributed by atoms with Crippen LogP contribution in [0.5, 0.6) is 0 Å². The molecular formula is C33H25B5N2P-. The van der Waals surface area contributed by atoms with Gasteiger partial charge in [-0.3, -0.25) is 0 Å². The maximum absolute atomic E-state index is 4.29. The first kappa shape index (κ1) is 22.1. The van der Waals surface area contributed by atoms with Crippen molar-refractivity contribution in [3.8, 4) is 5.69 Å². The van der Waals surface area contributed by atoms with E-state index in [1.807, 2.05) is 0 Å². The van der Waals surface area contributed by atoms with Gasteiger partial charge in [-0.05, 0) is 0 Å². The van der Waals surface area contributed by atoms with E-state index in [2.05, 4.69) is 140 Å². The van der Waals surface area contributed by atoms with Gasteiger partial charge in [-0.2, -0.15) is 0 Å². The van der Waals surface area contributed by atoms with Gasteiger partial charge in [-0.25, -0.2) is 0 Å². The van der Waals surface area contributed by atoms with Crippen molar-refractivity contribution < 1.29 is 0 Å². The van der Waals surface area contributed by atoms with Crippen LogP contribution in [0.25, 0.3) is 27.5 Å². The zero-order valence-corrected chi connectivity index (χ0v) is 24.1. The Morgan fingerprint density at radius 2 is 1.46 bits per heavy atom. The van der Waals surface area contributed by atoms with Crippen molar-refractivity contribution in [3.05, 3.63) is 120 Å². The molecule has 0 saturated carbocycles. The Balaban J connectivity index is 1.29. The summed E-state index contributed by atoms with van der Waals surface area (Å²) in [6, 6.07) is 41.6. The number of benzene rings is 5. The Morgan fingerprint density at radius 1 is 0.732 bits per heavy atom. The number of anilines is 1. The van der Waals surface area contributed by atoms with Gasteiger partial charge in [0.05, 0.1) is 0 Å². The van der Waals surface area contributed by atoms with Crippen molar-refractivity contribution in [2.45, 2.75) is 19.3 Å². The summed E-state index contributed by atoms with van der Waals surface area (Å²) in [5.41, 5.74) is 12.8. The van der Waals surface area contributed by atoms with Crippen LogP contribution in [0.3, 0.4) is 0 Å². The first-order chi connectivity index (χ1) is 20.1. The van der Waals surface area contributed by atoms with E-state index < -0.39 is 6.39 Å². The van der Waals surface area contributed by atoms with Gasteiger partial charge >= 0.3 is 243 Å². The summed E-state index contributed by atoms with van der Waals surface area (Å²) in [4.78, 5) is 0. The fourth-order valence-electron chi connectivity index (χ4n) is 10.0. The van der Waals surface area contributed by atoms with E-state index in [1.54, 1.807) is 5.30 Å². The van der Waals surface area contributed by atoms with Crippen LogP contribution >= 0.6 is 6.39 Å². The molecule has 1 aromatic heterocycles. The summed E-state index contributed by atoms with van der Waals surface area (Å²) < 4.78 is 2.64. The molecule has 41 heavy (non-hydrogen) atoms. The van der Waals surface area contributed by atoms with Gasteiger partial charge in [-0.15, -0.1) is 0 Å². The molecule has 0 aliphatic carbocycles. The first-order valence-electron chi connectivity index (χ1n) is 15.1. The fourth-order valence-corrected chi connectivity index (χ4v) is 18.3. The zero-order chi connectivity index (χ0) is 26.9. The molecule has 2 radical (unpaired) electrons. The topological polar surface area (TPSA) is 17.0 Å². The van der Waals surface area contributed by atoms with Gasteiger partial charge in [0.15, 0.2) is 0 Å². The van der Waals surface area contributed by atoms with Crippen LogP contribution < -0.4 is 26.8 Å². The van der Waals surface area contributed by atoms with E-state index in [9.17, 15) is 0 Å². The van der Waals surface area contributed by atoms with Crippen molar-refractivity contribution in [1.29, 1.82) is 0 Å². The monoisotopic (exact) mass is 535 g/mol. The average Bonchev–Trinajstić information content (AvgIpc) is 3.57. The summed E-state index contributed by atoms with van der Waals surface area (Å²) in [6.07, 6.45) is 0.138. The van der Waals surface area contributed by atoms with Crippen LogP contribution in [0, 0.1) is 0 Å². The number of nitrogens with zero attached hydrogens (tertiary/aromatic N) is 1. The quantitative estimate of drug-likeness (QED) is 0.264. The third-order valence-corrected chi connectivity index (χ3v) is 18.9. The van der Waals surface area contributed by atoms with Crippen LogP contribution in [0.15, 0.2) is 109 Å². The van der Waals surface area contributed by atoms with Crippen LogP contribution in [0.2, 0.25) is 0 Å². The van der Waals surface area contributed by atoms with Gasteiger partial charge in [0, 0.05) is 0 Å². The van der Waals surface area contributed by atoms with Crippen LogP contribution in [0.1, 0.15) is 25.0 Å². The predicted octanol–water partition coefficient (Wildman–Crippen LogP) is 4.33. The molecule has 6 aromatic rings. The molecule has 4 saturated heterocycles. The summed E-state index contributed by atoms with van der Waals surface area (Å²) >= 11 is 0. The Morgan fingerprint density at radius 3 is 2.24 bits per heavy atom. The molecule has 4 fully saturated rings. The number of nitrogens with one attached hydrogen (secondary N) is 1. The van der Waals surface area contributed by atoms with E-state index in [1.165, 1.54) is 60.7 Å². The predicted molar refractivity (Wildman–Crippen MR) is 184 cm³/mol. The van der Waals surface area contributed by atoms with Gasteiger partial charge in [0.25, 0.3) is 0 Å². The van der Waals surface area contributed by atoms with Crippen molar-refractivity contribution in [2.75, 3.05) is 5.09 Å². The molecule has 8 heteroatoms. The molecule has 0 unspecified atom stereocenters. The number of rotatable bonds is 3. The first-order valence-corrected chi connectivity index (χ1v) is 17.5. The van der Waals surface area contributed by atoms with Crippen LogP contribution in [-0.4, -0.2) is 37.0 Å². The Labute approximate surface area is 242 Å². The zero-order valence-electron chi connectivity index (χ0n) is 23.2. The van der Waals surface area contributed by atoms with Crippen molar-refractivity contribution in [1.82, 2.24) is 4.57 Å². The van der Waals surface area contributed by atoms with E-state index in [4.69, 9.17) is 0 Å². The maximum atomic E-state index is 4.29. The summed E-state index contributed by atoms with van der Waals surface area (Å²) in [5, 5.41) is 8.86.